The Morgan fingerprint density at radius 1 is 1.61 bits per heavy atom. The van der Waals surface area contributed by atoms with Gasteiger partial charge in [-0.2, -0.15) is 0 Å². The Labute approximate surface area is 110 Å². The number of carbonyl (C=O) groups is 1. The van der Waals surface area contributed by atoms with Gasteiger partial charge < -0.3 is 9.64 Å². The average molecular weight is 272 g/mol. The van der Waals surface area contributed by atoms with Gasteiger partial charge in [-0.05, 0) is 24.6 Å². The van der Waals surface area contributed by atoms with Gasteiger partial charge in [0, 0.05) is 26.1 Å². The van der Waals surface area contributed by atoms with Crippen LogP contribution in [0.25, 0.3) is 0 Å². The lowest BCUT2D eigenvalue weighted by Gasteiger charge is -2.17. The minimum atomic E-state index is -0.449. The SMILES string of the molecule is COCC1CCN(C(=O)c2cc(F)ccc2Cl)C1. The van der Waals surface area contributed by atoms with E-state index in [0.29, 0.717) is 25.6 Å². The topological polar surface area (TPSA) is 29.5 Å². The smallest absolute Gasteiger partial charge is 0.255 e. The highest BCUT2D eigenvalue weighted by molar-refractivity contribution is 6.33. The van der Waals surface area contributed by atoms with Gasteiger partial charge in [-0.25, -0.2) is 4.39 Å². The van der Waals surface area contributed by atoms with E-state index < -0.39 is 5.82 Å². The van der Waals surface area contributed by atoms with E-state index in [2.05, 4.69) is 0 Å². The largest absolute Gasteiger partial charge is 0.384 e. The first-order valence-corrected chi connectivity index (χ1v) is 6.23. The van der Waals surface area contributed by atoms with Crippen molar-refractivity contribution < 1.29 is 13.9 Å². The van der Waals surface area contributed by atoms with Crippen molar-refractivity contribution in [2.24, 2.45) is 5.92 Å². The summed E-state index contributed by atoms with van der Waals surface area (Å²) in [5, 5.41) is 0.289. The minimum Gasteiger partial charge on any atom is -0.384 e. The summed E-state index contributed by atoms with van der Waals surface area (Å²) in [5.74, 6) is -0.306. The highest BCUT2D eigenvalue weighted by Crippen LogP contribution is 2.23. The minimum absolute atomic E-state index is 0.210. The van der Waals surface area contributed by atoms with E-state index >= 15 is 0 Å². The molecule has 0 aromatic heterocycles. The molecule has 0 radical (unpaired) electrons. The molecule has 3 nitrogen and oxygen atoms in total. The standard InChI is InChI=1S/C13H15ClFNO2/c1-18-8-9-4-5-16(7-9)13(17)11-6-10(15)2-3-12(11)14/h2-3,6,9H,4-5,7-8H2,1H3. The number of nitrogens with zero attached hydrogens (tertiary/aromatic N) is 1. The number of hydrogen-bond acceptors (Lipinski definition) is 2. The summed E-state index contributed by atoms with van der Waals surface area (Å²) in [7, 11) is 1.65. The predicted molar refractivity (Wildman–Crippen MR) is 67.3 cm³/mol. The zero-order valence-corrected chi connectivity index (χ0v) is 10.9. The van der Waals surface area contributed by atoms with Crippen molar-refractivity contribution in [1.29, 1.82) is 0 Å². The maximum absolute atomic E-state index is 13.1. The van der Waals surface area contributed by atoms with Gasteiger partial charge in [-0.15, -0.1) is 0 Å². The maximum atomic E-state index is 13.1. The Morgan fingerprint density at radius 3 is 3.11 bits per heavy atom. The van der Waals surface area contributed by atoms with Crippen molar-refractivity contribution in [3.05, 3.63) is 34.6 Å². The quantitative estimate of drug-likeness (QED) is 0.846. The van der Waals surface area contributed by atoms with E-state index in [-0.39, 0.29) is 16.5 Å². The second kappa shape index (κ2) is 5.67. The fraction of sp³-hybridized carbons (Fsp3) is 0.462. The molecule has 1 heterocycles. The number of methoxy groups -OCH3 is 1. The number of halogens is 2. The number of carbonyl (C=O) groups excluding carboxylic acids is 1. The molecule has 5 heteroatoms. The van der Waals surface area contributed by atoms with Gasteiger partial charge in [0.05, 0.1) is 17.2 Å². The van der Waals surface area contributed by atoms with Gasteiger partial charge in [0.25, 0.3) is 5.91 Å². The van der Waals surface area contributed by atoms with E-state index in [1.54, 1.807) is 12.0 Å². The van der Waals surface area contributed by atoms with Gasteiger partial charge in [0.1, 0.15) is 5.82 Å². The third kappa shape index (κ3) is 2.82. The first-order chi connectivity index (χ1) is 8.61. The number of hydrogen-bond donors (Lipinski definition) is 0. The Balaban J connectivity index is 2.10. The molecule has 0 saturated carbocycles. The Kier molecular flexibility index (Phi) is 4.19. The van der Waals surface area contributed by atoms with Crippen LogP contribution in [0.2, 0.25) is 5.02 Å². The van der Waals surface area contributed by atoms with Crippen molar-refractivity contribution >= 4 is 17.5 Å². The highest BCUT2D eigenvalue weighted by Gasteiger charge is 2.28. The van der Waals surface area contributed by atoms with Crippen molar-refractivity contribution in [3.8, 4) is 0 Å². The fourth-order valence-corrected chi connectivity index (χ4v) is 2.42. The molecule has 1 atom stereocenters. The van der Waals surface area contributed by atoms with Gasteiger partial charge in [0.2, 0.25) is 0 Å². The molecular weight excluding hydrogens is 257 g/mol. The monoisotopic (exact) mass is 271 g/mol. The maximum Gasteiger partial charge on any atom is 0.255 e. The van der Waals surface area contributed by atoms with Gasteiger partial charge in [-0.3, -0.25) is 4.79 Å². The number of rotatable bonds is 3. The van der Waals surface area contributed by atoms with E-state index in [4.69, 9.17) is 16.3 Å². The molecule has 1 unspecified atom stereocenters. The van der Waals surface area contributed by atoms with Crippen molar-refractivity contribution in [2.75, 3.05) is 26.8 Å². The summed E-state index contributed by atoms with van der Waals surface area (Å²) in [4.78, 5) is 13.9. The lowest BCUT2D eigenvalue weighted by Crippen LogP contribution is -2.29. The van der Waals surface area contributed by atoms with Crippen LogP contribution in [0.15, 0.2) is 18.2 Å². The van der Waals surface area contributed by atoms with Crippen LogP contribution in [0.5, 0.6) is 0 Å². The van der Waals surface area contributed by atoms with Crippen LogP contribution in [0, 0.1) is 11.7 Å². The first kappa shape index (κ1) is 13.3. The molecule has 18 heavy (non-hydrogen) atoms. The third-order valence-corrected chi connectivity index (χ3v) is 3.46. The third-order valence-electron chi connectivity index (χ3n) is 3.13. The molecule has 1 amide bonds. The molecule has 1 aromatic rings. The van der Waals surface area contributed by atoms with Crippen molar-refractivity contribution in [2.45, 2.75) is 6.42 Å². The lowest BCUT2D eigenvalue weighted by molar-refractivity contribution is 0.0775. The molecule has 1 aliphatic heterocycles. The van der Waals surface area contributed by atoms with Gasteiger partial charge in [-0.1, -0.05) is 11.6 Å². The molecule has 1 aliphatic rings. The lowest BCUT2D eigenvalue weighted by atomic mass is 10.1. The van der Waals surface area contributed by atoms with Crippen LogP contribution in [0.4, 0.5) is 4.39 Å². The summed E-state index contributed by atoms with van der Waals surface area (Å²) in [6.45, 7) is 1.94. The summed E-state index contributed by atoms with van der Waals surface area (Å²) in [6.07, 6.45) is 0.909. The van der Waals surface area contributed by atoms with Crippen LogP contribution in [-0.2, 0) is 4.74 Å². The summed E-state index contributed by atoms with van der Waals surface area (Å²) >= 11 is 5.93. The molecule has 0 bridgehead atoms. The zero-order valence-electron chi connectivity index (χ0n) is 10.2. The molecule has 1 fully saturated rings. The molecule has 1 saturated heterocycles. The summed E-state index contributed by atoms with van der Waals surface area (Å²) in [6, 6.07) is 3.85. The number of likely N-dealkylation sites (tertiary alicyclic amines) is 1. The second-order valence-electron chi connectivity index (χ2n) is 4.49. The second-order valence-corrected chi connectivity index (χ2v) is 4.89. The Hall–Kier alpha value is -1.13. The zero-order chi connectivity index (χ0) is 13.1. The number of benzene rings is 1. The van der Waals surface area contributed by atoms with Crippen LogP contribution >= 0.6 is 11.6 Å². The number of amides is 1. The first-order valence-electron chi connectivity index (χ1n) is 5.85. The van der Waals surface area contributed by atoms with Crippen LogP contribution in [0.3, 0.4) is 0 Å². The molecule has 1 aromatic carbocycles. The Morgan fingerprint density at radius 2 is 2.39 bits per heavy atom. The molecule has 0 spiro atoms. The average Bonchev–Trinajstić information content (AvgIpc) is 2.80. The van der Waals surface area contributed by atoms with E-state index in [1.165, 1.54) is 18.2 Å². The van der Waals surface area contributed by atoms with Crippen molar-refractivity contribution in [3.63, 3.8) is 0 Å². The molecule has 98 valence electrons. The van der Waals surface area contributed by atoms with Crippen LogP contribution < -0.4 is 0 Å². The molecular formula is C13H15ClFNO2. The van der Waals surface area contributed by atoms with Crippen LogP contribution in [-0.4, -0.2) is 37.6 Å². The summed E-state index contributed by atoms with van der Waals surface area (Å²) in [5.41, 5.74) is 0.231. The molecule has 0 N–H and O–H groups in total. The highest BCUT2D eigenvalue weighted by atomic mass is 35.5. The predicted octanol–water partition coefficient (Wildman–Crippen LogP) is 2.59. The number of ether oxygens (including phenoxy) is 1. The van der Waals surface area contributed by atoms with E-state index in [1.807, 2.05) is 0 Å². The normalized spacial score (nSPS) is 19.3. The summed E-state index contributed by atoms with van der Waals surface area (Å²) < 4.78 is 18.2. The van der Waals surface area contributed by atoms with Crippen LogP contribution in [0.1, 0.15) is 16.8 Å². The van der Waals surface area contributed by atoms with E-state index in [0.717, 1.165) is 6.42 Å². The fourth-order valence-electron chi connectivity index (χ4n) is 2.22. The van der Waals surface area contributed by atoms with Gasteiger partial charge in [0.15, 0.2) is 0 Å². The molecule has 2 rings (SSSR count). The van der Waals surface area contributed by atoms with E-state index in [9.17, 15) is 9.18 Å². The molecule has 0 aliphatic carbocycles. The van der Waals surface area contributed by atoms with Gasteiger partial charge >= 0.3 is 0 Å². The Bertz CT molecular complexity index is 453. The van der Waals surface area contributed by atoms with Crippen molar-refractivity contribution in [1.82, 2.24) is 4.90 Å².